The Bertz CT molecular complexity index is 2880. The SMILES string of the molecule is c1ccc(-n2ccc3c4c5ccccc5n(-c5ccnc(-n6c7ccccc7c7c8ccn(-c9ccccc9)c8ccc76)c5)c4ccc32)cc1. The fraction of sp³-hybridized carbons (Fsp3) is 0. The maximum atomic E-state index is 5.01. The van der Waals surface area contributed by atoms with Crippen LogP contribution in [0.3, 0.4) is 0 Å². The van der Waals surface area contributed by atoms with Crippen molar-refractivity contribution in [3.63, 3.8) is 0 Å². The summed E-state index contributed by atoms with van der Waals surface area (Å²) < 4.78 is 9.26. The van der Waals surface area contributed by atoms with Crippen molar-refractivity contribution in [2.75, 3.05) is 0 Å². The molecule has 0 aliphatic rings. The Balaban J connectivity index is 1.14. The van der Waals surface area contributed by atoms with Gasteiger partial charge in [-0.3, -0.25) is 4.57 Å². The molecule has 0 spiro atoms. The zero-order valence-corrected chi connectivity index (χ0v) is 27.0. The van der Waals surface area contributed by atoms with E-state index in [0.717, 1.165) is 33.9 Å². The zero-order valence-electron chi connectivity index (χ0n) is 27.0. The smallest absolute Gasteiger partial charge is 0.139 e. The quantitative estimate of drug-likeness (QED) is 0.189. The molecular weight excluding hydrogens is 611 g/mol. The average Bonchev–Trinajstić information content (AvgIpc) is 3.96. The second-order valence-corrected chi connectivity index (χ2v) is 12.9. The van der Waals surface area contributed by atoms with Crippen LogP contribution in [-0.4, -0.2) is 23.3 Å². The van der Waals surface area contributed by atoms with Crippen LogP contribution in [0.15, 0.2) is 176 Å². The minimum atomic E-state index is 0.887. The molecule has 0 saturated carbocycles. The van der Waals surface area contributed by atoms with Gasteiger partial charge in [0.2, 0.25) is 0 Å². The highest BCUT2D eigenvalue weighted by Gasteiger charge is 2.20. The molecule has 0 aliphatic carbocycles. The third-order valence-corrected chi connectivity index (χ3v) is 10.3. The number of benzene rings is 6. The molecule has 0 aliphatic heterocycles. The standard InChI is InChI=1S/C45H29N5/c1-3-11-30(12-4-1)47-27-24-35-37(47)19-21-41-44(35)33-15-7-9-17-39(33)49(41)32-23-26-46-43(29-32)50-40-18-10-8-16-34(40)45-36-25-28-48(31-13-5-2-6-14-31)38(36)20-22-42(45)50/h1-29H. The van der Waals surface area contributed by atoms with Crippen molar-refractivity contribution in [3.8, 4) is 22.9 Å². The van der Waals surface area contributed by atoms with Crippen LogP contribution in [0.25, 0.3) is 88.3 Å². The summed E-state index contributed by atoms with van der Waals surface area (Å²) in [5.74, 6) is 0.887. The molecule has 0 bridgehead atoms. The lowest BCUT2D eigenvalue weighted by molar-refractivity contribution is 1.06. The maximum absolute atomic E-state index is 5.01. The molecule has 0 amide bonds. The van der Waals surface area contributed by atoms with Crippen molar-refractivity contribution in [3.05, 3.63) is 176 Å². The first-order valence-electron chi connectivity index (χ1n) is 17.0. The molecule has 0 atom stereocenters. The van der Waals surface area contributed by atoms with E-state index in [1.54, 1.807) is 0 Å². The highest BCUT2D eigenvalue weighted by Crippen LogP contribution is 2.40. The molecule has 11 aromatic rings. The summed E-state index contributed by atoms with van der Waals surface area (Å²) in [4.78, 5) is 5.01. The lowest BCUT2D eigenvalue weighted by Crippen LogP contribution is -2.01. The van der Waals surface area contributed by atoms with Crippen LogP contribution in [0.2, 0.25) is 0 Å². The molecule has 234 valence electrons. The lowest BCUT2D eigenvalue weighted by Gasteiger charge is -2.12. The number of nitrogens with zero attached hydrogens (tertiary/aromatic N) is 5. The summed E-state index contributed by atoms with van der Waals surface area (Å²) in [6, 6.07) is 56.4. The minimum Gasteiger partial charge on any atom is -0.317 e. The van der Waals surface area contributed by atoms with Crippen LogP contribution in [0, 0.1) is 0 Å². The molecule has 5 heterocycles. The van der Waals surface area contributed by atoms with Crippen molar-refractivity contribution in [2.24, 2.45) is 0 Å². The molecule has 5 heteroatoms. The molecule has 0 unspecified atom stereocenters. The van der Waals surface area contributed by atoms with Crippen molar-refractivity contribution in [1.82, 2.24) is 23.3 Å². The van der Waals surface area contributed by atoms with Crippen LogP contribution in [0.5, 0.6) is 0 Å². The van der Waals surface area contributed by atoms with E-state index in [0.29, 0.717) is 0 Å². The van der Waals surface area contributed by atoms with Gasteiger partial charge in [0.1, 0.15) is 5.82 Å². The predicted octanol–water partition coefficient (Wildman–Crippen LogP) is 11.2. The van der Waals surface area contributed by atoms with Gasteiger partial charge in [0, 0.05) is 68.3 Å². The predicted molar refractivity (Wildman–Crippen MR) is 207 cm³/mol. The monoisotopic (exact) mass is 639 g/mol. The fourth-order valence-corrected chi connectivity index (χ4v) is 8.19. The van der Waals surface area contributed by atoms with Gasteiger partial charge in [-0.05, 0) is 78.9 Å². The first-order chi connectivity index (χ1) is 24.8. The van der Waals surface area contributed by atoms with Gasteiger partial charge in [-0.1, -0.05) is 72.8 Å². The maximum Gasteiger partial charge on any atom is 0.139 e. The molecule has 50 heavy (non-hydrogen) atoms. The fourth-order valence-electron chi connectivity index (χ4n) is 8.19. The number of fused-ring (bicyclic) bond motifs is 10. The Kier molecular flexibility index (Phi) is 5.60. The Morgan fingerprint density at radius 3 is 1.38 bits per heavy atom. The van der Waals surface area contributed by atoms with Crippen LogP contribution < -0.4 is 0 Å². The number of hydrogen-bond donors (Lipinski definition) is 0. The second-order valence-electron chi connectivity index (χ2n) is 12.9. The Hall–Kier alpha value is -6.85. The molecule has 5 aromatic heterocycles. The molecule has 6 aromatic carbocycles. The van der Waals surface area contributed by atoms with Gasteiger partial charge in [0.25, 0.3) is 0 Å². The van der Waals surface area contributed by atoms with Gasteiger partial charge >= 0.3 is 0 Å². The Morgan fingerprint density at radius 1 is 0.340 bits per heavy atom. The zero-order chi connectivity index (χ0) is 32.8. The van der Waals surface area contributed by atoms with Crippen molar-refractivity contribution in [1.29, 1.82) is 0 Å². The third kappa shape index (κ3) is 3.74. The van der Waals surface area contributed by atoms with Gasteiger partial charge in [0.15, 0.2) is 0 Å². The number of pyridine rings is 1. The highest BCUT2D eigenvalue weighted by atomic mass is 15.1. The summed E-state index contributed by atoms with van der Waals surface area (Å²) in [5, 5.41) is 7.42. The van der Waals surface area contributed by atoms with E-state index in [1.807, 2.05) is 6.20 Å². The van der Waals surface area contributed by atoms with E-state index < -0.39 is 0 Å². The number of rotatable bonds is 4. The van der Waals surface area contributed by atoms with E-state index in [2.05, 4.69) is 188 Å². The Labute approximate surface area is 287 Å². The summed E-state index contributed by atoms with van der Waals surface area (Å²) in [7, 11) is 0. The average molecular weight is 640 g/mol. The molecule has 11 rings (SSSR count). The first kappa shape index (κ1) is 27.1. The van der Waals surface area contributed by atoms with Crippen molar-refractivity contribution < 1.29 is 0 Å². The highest BCUT2D eigenvalue weighted by molar-refractivity contribution is 6.22. The van der Waals surface area contributed by atoms with Gasteiger partial charge < -0.3 is 13.7 Å². The molecule has 5 nitrogen and oxygen atoms in total. The largest absolute Gasteiger partial charge is 0.317 e. The number of hydrogen-bond acceptors (Lipinski definition) is 1. The van der Waals surface area contributed by atoms with Crippen LogP contribution >= 0.6 is 0 Å². The van der Waals surface area contributed by atoms with E-state index >= 15 is 0 Å². The molecule has 0 saturated heterocycles. The van der Waals surface area contributed by atoms with Crippen molar-refractivity contribution >= 4 is 65.4 Å². The van der Waals surface area contributed by atoms with Gasteiger partial charge in [-0.15, -0.1) is 0 Å². The number of aromatic nitrogens is 5. The summed E-state index contributed by atoms with van der Waals surface area (Å²) in [6.45, 7) is 0. The summed E-state index contributed by atoms with van der Waals surface area (Å²) in [6.07, 6.45) is 6.31. The van der Waals surface area contributed by atoms with E-state index in [9.17, 15) is 0 Å². The van der Waals surface area contributed by atoms with E-state index in [1.165, 1.54) is 54.4 Å². The molecule has 0 fully saturated rings. The topological polar surface area (TPSA) is 32.6 Å². The molecule has 0 radical (unpaired) electrons. The molecule has 0 N–H and O–H groups in total. The third-order valence-electron chi connectivity index (χ3n) is 10.3. The normalized spacial score (nSPS) is 12.0. The van der Waals surface area contributed by atoms with Crippen LogP contribution in [-0.2, 0) is 0 Å². The van der Waals surface area contributed by atoms with Crippen LogP contribution in [0.4, 0.5) is 0 Å². The summed E-state index contributed by atoms with van der Waals surface area (Å²) in [5.41, 5.74) is 10.4. The first-order valence-corrected chi connectivity index (χ1v) is 17.0. The van der Waals surface area contributed by atoms with Crippen LogP contribution in [0.1, 0.15) is 0 Å². The molecular formula is C45H29N5. The number of para-hydroxylation sites is 4. The van der Waals surface area contributed by atoms with Gasteiger partial charge in [0.05, 0.1) is 38.8 Å². The van der Waals surface area contributed by atoms with E-state index in [-0.39, 0.29) is 0 Å². The van der Waals surface area contributed by atoms with Gasteiger partial charge in [-0.2, -0.15) is 0 Å². The second kappa shape index (κ2) is 10.3. The summed E-state index contributed by atoms with van der Waals surface area (Å²) >= 11 is 0. The van der Waals surface area contributed by atoms with E-state index in [4.69, 9.17) is 4.98 Å². The minimum absolute atomic E-state index is 0.887. The lowest BCUT2D eigenvalue weighted by atomic mass is 10.1. The Morgan fingerprint density at radius 2 is 0.800 bits per heavy atom. The van der Waals surface area contributed by atoms with Crippen molar-refractivity contribution in [2.45, 2.75) is 0 Å². The van der Waals surface area contributed by atoms with Gasteiger partial charge in [-0.25, -0.2) is 4.98 Å².